The molecule has 23 heavy (non-hydrogen) atoms. The number of aromatic nitrogens is 1. The lowest BCUT2D eigenvalue weighted by Gasteiger charge is -2.05. The van der Waals surface area contributed by atoms with Gasteiger partial charge in [-0.2, -0.15) is 13.2 Å². The number of benzene rings is 1. The number of carbonyl (C=O) groups is 1. The predicted molar refractivity (Wildman–Crippen MR) is 84.7 cm³/mol. The first kappa shape index (κ1) is 19.4. The van der Waals surface area contributed by atoms with Gasteiger partial charge in [-0.15, -0.1) is 23.7 Å². The average Bonchev–Trinajstić information content (AvgIpc) is 2.96. The zero-order valence-electron chi connectivity index (χ0n) is 11.9. The third-order valence-corrected chi connectivity index (χ3v) is 3.83. The van der Waals surface area contributed by atoms with Crippen molar-refractivity contribution in [2.24, 2.45) is 5.73 Å². The number of hydrogen-bond donors (Lipinski definition) is 2. The highest BCUT2D eigenvalue weighted by Gasteiger charge is 2.33. The number of nitrogens with two attached hydrogens (primary N) is 1. The second-order valence-corrected chi connectivity index (χ2v) is 5.47. The molecule has 0 saturated carbocycles. The van der Waals surface area contributed by atoms with Crippen molar-refractivity contribution in [2.75, 3.05) is 6.54 Å². The molecule has 0 fully saturated rings. The molecule has 0 atom stereocenters. The summed E-state index contributed by atoms with van der Waals surface area (Å²) in [4.78, 5) is 15.4. The van der Waals surface area contributed by atoms with E-state index in [-0.39, 0.29) is 31.3 Å². The Hall–Kier alpha value is -1.64. The SMILES string of the molecule is Cl.NCc1ccc(C(=O)NCCc2nc(C(F)(F)F)cs2)cc1. The Morgan fingerprint density at radius 2 is 1.91 bits per heavy atom. The van der Waals surface area contributed by atoms with Crippen molar-refractivity contribution in [3.8, 4) is 0 Å². The highest BCUT2D eigenvalue weighted by Crippen LogP contribution is 2.29. The largest absolute Gasteiger partial charge is 0.434 e. The van der Waals surface area contributed by atoms with E-state index in [1.54, 1.807) is 24.3 Å². The number of carbonyl (C=O) groups excluding carboxylic acids is 1. The van der Waals surface area contributed by atoms with E-state index >= 15 is 0 Å². The third kappa shape index (κ3) is 5.49. The van der Waals surface area contributed by atoms with Crippen molar-refractivity contribution in [2.45, 2.75) is 19.1 Å². The number of thiazole rings is 1. The van der Waals surface area contributed by atoms with Gasteiger partial charge in [0.15, 0.2) is 5.69 Å². The molecule has 9 heteroatoms. The Kier molecular flexibility index (Phi) is 6.99. The Morgan fingerprint density at radius 3 is 2.43 bits per heavy atom. The molecular weight excluding hydrogens is 351 g/mol. The minimum atomic E-state index is -4.43. The molecule has 2 rings (SSSR count). The number of rotatable bonds is 5. The van der Waals surface area contributed by atoms with Crippen LogP contribution < -0.4 is 11.1 Å². The minimum absolute atomic E-state index is 0. The van der Waals surface area contributed by atoms with Crippen molar-refractivity contribution in [1.82, 2.24) is 10.3 Å². The van der Waals surface area contributed by atoms with E-state index in [1.807, 2.05) is 0 Å². The topological polar surface area (TPSA) is 68.0 Å². The highest BCUT2D eigenvalue weighted by atomic mass is 35.5. The quantitative estimate of drug-likeness (QED) is 0.855. The zero-order valence-corrected chi connectivity index (χ0v) is 13.5. The van der Waals surface area contributed by atoms with Crippen LogP contribution in [0.15, 0.2) is 29.6 Å². The molecule has 0 aliphatic carbocycles. The van der Waals surface area contributed by atoms with Gasteiger partial charge in [-0.3, -0.25) is 4.79 Å². The molecule has 0 aliphatic rings. The summed E-state index contributed by atoms with van der Waals surface area (Å²) in [5.74, 6) is -0.281. The first-order valence-corrected chi connectivity index (χ1v) is 7.37. The van der Waals surface area contributed by atoms with Crippen molar-refractivity contribution in [3.63, 3.8) is 0 Å². The molecule has 1 amide bonds. The standard InChI is InChI=1S/C14H14F3N3OS.ClH/c15-14(16,17)11-8-22-12(20-11)5-6-19-13(21)10-3-1-9(7-18)2-4-10;/h1-4,8H,5-7,18H2,(H,19,21);1H. The number of amides is 1. The normalized spacial score (nSPS) is 11.0. The molecule has 0 bridgehead atoms. The Morgan fingerprint density at radius 1 is 1.26 bits per heavy atom. The summed E-state index contributed by atoms with van der Waals surface area (Å²) in [7, 11) is 0. The Balaban J connectivity index is 0.00000264. The fourth-order valence-corrected chi connectivity index (χ4v) is 2.54. The van der Waals surface area contributed by atoms with Crippen LogP contribution >= 0.6 is 23.7 Å². The minimum Gasteiger partial charge on any atom is -0.352 e. The molecule has 1 aromatic heterocycles. The number of alkyl halides is 3. The lowest BCUT2D eigenvalue weighted by molar-refractivity contribution is -0.140. The molecule has 0 aliphatic heterocycles. The van der Waals surface area contributed by atoms with Crippen molar-refractivity contribution < 1.29 is 18.0 Å². The predicted octanol–water partition coefficient (Wildman–Crippen LogP) is 3.01. The van der Waals surface area contributed by atoms with Crippen LogP contribution in [0.3, 0.4) is 0 Å². The molecule has 0 unspecified atom stereocenters. The van der Waals surface area contributed by atoms with E-state index in [2.05, 4.69) is 10.3 Å². The molecule has 0 radical (unpaired) electrons. The Labute approximate surface area is 141 Å². The monoisotopic (exact) mass is 365 g/mol. The van der Waals surface area contributed by atoms with Crippen molar-refractivity contribution >= 4 is 29.7 Å². The van der Waals surface area contributed by atoms with Crippen LogP contribution in [0.2, 0.25) is 0 Å². The molecule has 1 aromatic carbocycles. The van der Waals surface area contributed by atoms with Gasteiger partial charge in [0.1, 0.15) is 0 Å². The number of nitrogens with zero attached hydrogens (tertiary/aromatic N) is 1. The maximum absolute atomic E-state index is 12.4. The van der Waals surface area contributed by atoms with Crippen LogP contribution in [0.5, 0.6) is 0 Å². The van der Waals surface area contributed by atoms with Crippen LogP contribution in [0, 0.1) is 0 Å². The summed E-state index contributed by atoms with van der Waals surface area (Å²) < 4.78 is 37.2. The second kappa shape index (κ2) is 8.28. The smallest absolute Gasteiger partial charge is 0.352 e. The van der Waals surface area contributed by atoms with E-state index < -0.39 is 11.9 Å². The summed E-state index contributed by atoms with van der Waals surface area (Å²) >= 11 is 0.933. The molecule has 0 spiro atoms. The first-order chi connectivity index (χ1) is 10.4. The van der Waals surface area contributed by atoms with Gasteiger partial charge in [-0.05, 0) is 17.7 Å². The summed E-state index contributed by atoms with van der Waals surface area (Å²) in [5.41, 5.74) is 5.97. The fraction of sp³-hybridized carbons (Fsp3) is 0.286. The number of nitrogens with one attached hydrogen (secondary N) is 1. The third-order valence-electron chi connectivity index (χ3n) is 2.92. The van der Waals surface area contributed by atoms with Gasteiger partial charge in [-0.25, -0.2) is 4.98 Å². The van der Waals surface area contributed by atoms with Gasteiger partial charge in [-0.1, -0.05) is 12.1 Å². The molecular formula is C14H15ClF3N3OS. The lowest BCUT2D eigenvalue weighted by Crippen LogP contribution is -2.25. The van der Waals surface area contributed by atoms with E-state index in [0.717, 1.165) is 22.3 Å². The van der Waals surface area contributed by atoms with Gasteiger partial charge in [0, 0.05) is 30.5 Å². The fourth-order valence-electron chi connectivity index (χ4n) is 1.73. The van der Waals surface area contributed by atoms with E-state index in [1.165, 1.54) is 0 Å². The maximum atomic E-state index is 12.4. The maximum Gasteiger partial charge on any atom is 0.434 e. The first-order valence-electron chi connectivity index (χ1n) is 6.49. The van der Waals surface area contributed by atoms with Crippen LogP contribution in [0.1, 0.15) is 26.6 Å². The summed E-state index contributed by atoms with van der Waals surface area (Å²) in [6, 6.07) is 6.82. The molecule has 2 aromatic rings. The molecule has 1 heterocycles. The van der Waals surface area contributed by atoms with Gasteiger partial charge >= 0.3 is 6.18 Å². The van der Waals surface area contributed by atoms with E-state index in [0.29, 0.717) is 17.1 Å². The van der Waals surface area contributed by atoms with Crippen LogP contribution in [0.4, 0.5) is 13.2 Å². The molecule has 4 nitrogen and oxygen atoms in total. The second-order valence-electron chi connectivity index (χ2n) is 4.53. The van der Waals surface area contributed by atoms with Crippen LogP contribution in [-0.2, 0) is 19.1 Å². The number of halogens is 4. The van der Waals surface area contributed by atoms with Crippen molar-refractivity contribution in [1.29, 1.82) is 0 Å². The van der Waals surface area contributed by atoms with Crippen molar-refractivity contribution in [3.05, 3.63) is 51.5 Å². The van der Waals surface area contributed by atoms with E-state index in [9.17, 15) is 18.0 Å². The van der Waals surface area contributed by atoms with Gasteiger partial charge in [0.25, 0.3) is 5.91 Å². The summed E-state index contributed by atoms with van der Waals surface area (Å²) in [5, 5.41) is 3.96. The summed E-state index contributed by atoms with van der Waals surface area (Å²) in [6.45, 7) is 0.621. The van der Waals surface area contributed by atoms with Gasteiger partial charge in [0.2, 0.25) is 0 Å². The molecule has 3 N–H and O–H groups in total. The Bertz CT molecular complexity index is 643. The lowest BCUT2D eigenvalue weighted by atomic mass is 10.1. The van der Waals surface area contributed by atoms with Crippen LogP contribution in [0.25, 0.3) is 0 Å². The average molecular weight is 366 g/mol. The number of hydrogen-bond acceptors (Lipinski definition) is 4. The summed E-state index contributed by atoms with van der Waals surface area (Å²) in [6.07, 6.45) is -4.17. The molecule has 0 saturated heterocycles. The molecule has 126 valence electrons. The van der Waals surface area contributed by atoms with Crippen LogP contribution in [-0.4, -0.2) is 17.4 Å². The van der Waals surface area contributed by atoms with Gasteiger partial charge in [0.05, 0.1) is 5.01 Å². The zero-order chi connectivity index (χ0) is 16.2. The van der Waals surface area contributed by atoms with E-state index in [4.69, 9.17) is 5.73 Å². The van der Waals surface area contributed by atoms with Gasteiger partial charge < -0.3 is 11.1 Å². The highest BCUT2D eigenvalue weighted by molar-refractivity contribution is 7.09.